The molecule has 15 heteroatoms. The molecule has 4 aliphatic rings. The number of carbonyl (C=O) groups excluding carboxylic acids is 6. The molecule has 0 unspecified atom stereocenters. The highest BCUT2D eigenvalue weighted by Gasteiger charge is 2.78. The van der Waals surface area contributed by atoms with Gasteiger partial charge in [-0.2, -0.15) is 0 Å². The molecule has 15 nitrogen and oxygen atoms in total. The van der Waals surface area contributed by atoms with Crippen molar-refractivity contribution in [3.63, 3.8) is 0 Å². The Hall–Kier alpha value is -6.52. The van der Waals surface area contributed by atoms with E-state index in [0.717, 1.165) is 6.92 Å². The SMILES string of the molecule is CC(=O)O[C@H]1C(=O)[C@@]2(C)[C@H]([C@H](OC(=O)c3ccccc3)[C@]3(O)C[C@H](OC(=O)[C@H](O)[C@@H](NC(=O)c4ccccc4)c4ccccc4)C(C)=C1C3(C)C)[C@]1(OC(=O)c3ccccc3)CO[C@@H]1C[C@@H]2O. The summed E-state index contributed by atoms with van der Waals surface area (Å²) < 4.78 is 31.0. The first-order chi connectivity index (χ1) is 31.8. The van der Waals surface area contributed by atoms with Crippen LogP contribution < -0.4 is 5.32 Å². The van der Waals surface area contributed by atoms with Crippen LogP contribution in [0.25, 0.3) is 0 Å². The Morgan fingerprint density at radius 1 is 0.761 bits per heavy atom. The summed E-state index contributed by atoms with van der Waals surface area (Å²) in [7, 11) is 0. The van der Waals surface area contributed by atoms with E-state index < -0.39 is 113 Å². The number of benzene rings is 4. The zero-order valence-electron chi connectivity index (χ0n) is 37.6. The van der Waals surface area contributed by atoms with Crippen LogP contribution in [0.2, 0.25) is 0 Å². The molecule has 3 aliphatic carbocycles. The maximum absolute atomic E-state index is 15.8. The number of amides is 1. The zero-order valence-corrected chi connectivity index (χ0v) is 37.6. The number of carbonyl (C=O) groups is 6. The van der Waals surface area contributed by atoms with Crippen molar-refractivity contribution < 1.29 is 67.8 Å². The van der Waals surface area contributed by atoms with E-state index in [-0.39, 0.29) is 40.9 Å². The molecule has 1 heterocycles. The van der Waals surface area contributed by atoms with Crippen LogP contribution in [0, 0.1) is 16.7 Å². The minimum absolute atomic E-state index is 0.0133. The Kier molecular flexibility index (Phi) is 12.6. The summed E-state index contributed by atoms with van der Waals surface area (Å²) in [6, 6.07) is 31.0. The maximum Gasteiger partial charge on any atom is 0.338 e. The number of nitrogens with one attached hydrogen (secondary N) is 1. The lowest BCUT2D eigenvalue weighted by atomic mass is 9.44. The molecule has 1 saturated heterocycles. The van der Waals surface area contributed by atoms with E-state index in [4.69, 9.17) is 23.7 Å². The Morgan fingerprint density at radius 3 is 1.84 bits per heavy atom. The summed E-state index contributed by atoms with van der Waals surface area (Å²) in [5.74, 6) is -7.00. The second-order valence-corrected chi connectivity index (χ2v) is 18.5. The largest absolute Gasteiger partial charge is 0.456 e. The third kappa shape index (κ3) is 8.03. The maximum atomic E-state index is 15.8. The highest BCUT2D eigenvalue weighted by Crippen LogP contribution is 2.64. The van der Waals surface area contributed by atoms with Crippen molar-refractivity contribution in [2.75, 3.05) is 6.61 Å². The van der Waals surface area contributed by atoms with Gasteiger partial charge >= 0.3 is 23.9 Å². The lowest BCUT2D eigenvalue weighted by Gasteiger charge is -2.67. The first-order valence-electron chi connectivity index (χ1n) is 22.1. The zero-order chi connectivity index (χ0) is 48.1. The highest BCUT2D eigenvalue weighted by molar-refractivity contribution is 5.97. The topological polar surface area (TPSA) is 221 Å². The number of hydrogen-bond acceptors (Lipinski definition) is 14. The molecule has 4 aromatic rings. The van der Waals surface area contributed by atoms with Gasteiger partial charge in [-0.1, -0.05) is 98.8 Å². The summed E-state index contributed by atoms with van der Waals surface area (Å²) in [6.45, 7) is 6.80. The number of Topliss-reactive ketones (excluding diaryl/α,β-unsaturated/α-hetero) is 1. The number of aliphatic hydroxyl groups is 3. The van der Waals surface area contributed by atoms with Crippen molar-refractivity contribution in [2.45, 2.75) is 101 Å². The molecule has 8 rings (SSSR count). The van der Waals surface area contributed by atoms with E-state index >= 15 is 4.79 Å². The van der Waals surface area contributed by atoms with Gasteiger partial charge in [-0.05, 0) is 67.0 Å². The van der Waals surface area contributed by atoms with Crippen molar-refractivity contribution >= 4 is 35.6 Å². The molecular formula is C52H53NO14. The first-order valence-corrected chi connectivity index (χ1v) is 22.1. The fraction of sp³-hybridized carbons (Fsp3) is 0.385. The molecule has 0 spiro atoms. The third-order valence-corrected chi connectivity index (χ3v) is 14.4. The monoisotopic (exact) mass is 915 g/mol. The average Bonchev–Trinajstić information content (AvgIpc) is 3.32. The summed E-state index contributed by atoms with van der Waals surface area (Å²) in [5, 5.41) is 40.8. The van der Waals surface area contributed by atoms with Gasteiger partial charge in [0.15, 0.2) is 23.6 Å². The molecule has 4 N–H and O–H groups in total. The number of ether oxygens (including phenoxy) is 5. The van der Waals surface area contributed by atoms with Gasteiger partial charge in [0.1, 0.15) is 23.9 Å². The molecule has 2 bridgehead atoms. The number of rotatable bonds is 11. The molecule has 4 aromatic carbocycles. The van der Waals surface area contributed by atoms with E-state index in [1.54, 1.807) is 111 Å². The van der Waals surface area contributed by atoms with Crippen molar-refractivity contribution in [3.8, 4) is 0 Å². The summed E-state index contributed by atoms with van der Waals surface area (Å²) >= 11 is 0. The van der Waals surface area contributed by atoms with Gasteiger partial charge < -0.3 is 44.3 Å². The van der Waals surface area contributed by atoms with Crippen molar-refractivity contribution in [3.05, 3.63) is 155 Å². The van der Waals surface area contributed by atoms with Crippen LogP contribution in [0.3, 0.4) is 0 Å². The van der Waals surface area contributed by atoms with Gasteiger partial charge in [0, 0.05) is 30.7 Å². The Labute approximate surface area is 387 Å². The minimum Gasteiger partial charge on any atom is -0.456 e. The van der Waals surface area contributed by atoms with Gasteiger partial charge in [0.2, 0.25) is 0 Å². The molecular weight excluding hydrogens is 863 g/mol. The molecule has 11 atom stereocenters. The molecule has 1 aliphatic heterocycles. The summed E-state index contributed by atoms with van der Waals surface area (Å²) in [4.78, 5) is 85.5. The molecule has 1 amide bonds. The molecule has 2 saturated carbocycles. The van der Waals surface area contributed by atoms with Crippen LogP contribution in [0.5, 0.6) is 0 Å². The Morgan fingerprint density at radius 2 is 1.30 bits per heavy atom. The quantitative estimate of drug-likeness (QED) is 0.0881. The number of aliphatic hydroxyl groups excluding tert-OH is 2. The summed E-state index contributed by atoms with van der Waals surface area (Å²) in [6.07, 6.45) is -10.8. The van der Waals surface area contributed by atoms with E-state index in [0.29, 0.717) is 5.56 Å². The van der Waals surface area contributed by atoms with Crippen molar-refractivity contribution in [1.82, 2.24) is 5.32 Å². The first kappa shape index (κ1) is 47.0. The molecule has 0 radical (unpaired) electrons. The summed E-state index contributed by atoms with van der Waals surface area (Å²) in [5.41, 5.74) is -7.15. The molecule has 3 fully saturated rings. The third-order valence-electron chi connectivity index (χ3n) is 14.4. The van der Waals surface area contributed by atoms with Crippen LogP contribution in [0.15, 0.2) is 132 Å². The predicted octanol–water partition coefficient (Wildman–Crippen LogP) is 5.03. The minimum atomic E-state index is -2.43. The van der Waals surface area contributed by atoms with E-state index in [2.05, 4.69) is 5.32 Å². The van der Waals surface area contributed by atoms with E-state index in [1.165, 1.54) is 38.1 Å². The number of fused-ring (bicyclic) bond motifs is 5. The van der Waals surface area contributed by atoms with E-state index in [1.807, 2.05) is 0 Å². The molecule has 0 aromatic heterocycles. The predicted molar refractivity (Wildman–Crippen MR) is 238 cm³/mol. The Bertz CT molecular complexity index is 2590. The second-order valence-electron chi connectivity index (χ2n) is 18.5. The van der Waals surface area contributed by atoms with Crippen molar-refractivity contribution in [1.29, 1.82) is 0 Å². The van der Waals surface area contributed by atoms with Gasteiger partial charge in [-0.3, -0.25) is 14.4 Å². The number of ketones is 1. The number of esters is 4. The van der Waals surface area contributed by atoms with Crippen LogP contribution in [-0.4, -0.2) is 105 Å². The van der Waals surface area contributed by atoms with Crippen LogP contribution in [-0.2, 0) is 38.1 Å². The average molecular weight is 916 g/mol. The fourth-order valence-electron chi connectivity index (χ4n) is 10.7. The van der Waals surface area contributed by atoms with Crippen LogP contribution in [0.4, 0.5) is 0 Å². The van der Waals surface area contributed by atoms with E-state index in [9.17, 15) is 39.3 Å². The van der Waals surface area contributed by atoms with Gasteiger partial charge in [-0.25, -0.2) is 14.4 Å². The lowest BCUT2D eigenvalue weighted by molar-refractivity contribution is -0.341. The molecule has 67 heavy (non-hydrogen) atoms. The Balaban J connectivity index is 1.29. The van der Waals surface area contributed by atoms with Gasteiger partial charge in [0.25, 0.3) is 5.91 Å². The van der Waals surface area contributed by atoms with Gasteiger partial charge in [0.05, 0.1) is 41.2 Å². The van der Waals surface area contributed by atoms with Gasteiger partial charge in [-0.15, -0.1) is 0 Å². The molecule has 350 valence electrons. The number of hydrogen-bond donors (Lipinski definition) is 4. The normalized spacial score (nSPS) is 30.3. The fourth-order valence-corrected chi connectivity index (χ4v) is 10.7. The van der Waals surface area contributed by atoms with Crippen molar-refractivity contribution in [2.24, 2.45) is 16.7 Å². The van der Waals surface area contributed by atoms with Crippen LogP contribution in [0.1, 0.15) is 90.1 Å². The standard InChI is InChI=1S/C52H53NO14/c1-29-35(65-48(61)40(56)39(31-18-10-6-11-19-31)53-45(58)32-20-12-7-13-21-32)27-52(62)44(66-46(59)33-22-14-8-15-23-33)42-50(5,43(57)41(64-30(2)54)38(29)49(52,3)4)36(55)26-37-51(42,28-63-37)67-47(60)34-24-16-9-17-25-34/h6-25,35-37,39-42,44,55-56,62H,26-28H2,1-5H3,(H,53,58)/t35-,36-,37+,39-,40+,41+,42-,44-,50+,51-,52+/m0/s1. The van der Waals surface area contributed by atoms with Crippen LogP contribution >= 0.6 is 0 Å². The lowest BCUT2D eigenvalue weighted by Crippen LogP contribution is -2.82. The smallest absolute Gasteiger partial charge is 0.338 e. The highest BCUT2D eigenvalue weighted by atomic mass is 16.6. The second kappa shape index (κ2) is 17.9.